The van der Waals surface area contributed by atoms with Gasteiger partial charge in [-0.1, -0.05) is 37.3 Å². The number of ether oxygens (including phenoxy) is 1. The van der Waals surface area contributed by atoms with Crippen molar-refractivity contribution in [2.75, 3.05) is 6.73 Å². The molecule has 0 fully saturated rings. The summed E-state index contributed by atoms with van der Waals surface area (Å²) in [4.78, 5) is 13.3. The first-order chi connectivity index (χ1) is 12.2. The lowest BCUT2D eigenvalue weighted by atomic mass is 10.0. The van der Waals surface area contributed by atoms with Gasteiger partial charge in [-0.2, -0.15) is 0 Å². The van der Waals surface area contributed by atoms with E-state index in [9.17, 15) is 4.79 Å². The van der Waals surface area contributed by atoms with Crippen LogP contribution in [0.4, 0.5) is 0 Å². The lowest BCUT2D eigenvalue weighted by Gasteiger charge is -2.31. The summed E-state index contributed by atoms with van der Waals surface area (Å²) in [5.74, 6) is 0.827. The zero-order chi connectivity index (χ0) is 17.4. The molecule has 2 aromatic carbocycles. The Balaban J connectivity index is 1.77. The maximum atomic E-state index is 12.0. The van der Waals surface area contributed by atoms with Gasteiger partial charge in [0.05, 0.1) is 5.56 Å². The zero-order valence-electron chi connectivity index (χ0n) is 14.5. The average Bonchev–Trinajstić information content (AvgIpc) is 2.66. The van der Waals surface area contributed by atoms with Gasteiger partial charge in [0, 0.05) is 17.0 Å². The normalized spacial score (nSPS) is 17.8. The first kappa shape index (κ1) is 15.9. The van der Waals surface area contributed by atoms with E-state index in [-0.39, 0.29) is 5.63 Å². The van der Waals surface area contributed by atoms with E-state index in [2.05, 4.69) is 38.1 Å². The van der Waals surface area contributed by atoms with E-state index >= 15 is 0 Å². The van der Waals surface area contributed by atoms with Crippen LogP contribution in [0.1, 0.15) is 36.6 Å². The molecular formula is C21H22NO3+. The number of hydrogen-bond donors (Lipinski definition) is 1. The van der Waals surface area contributed by atoms with Crippen LogP contribution in [0.2, 0.25) is 0 Å². The quantitative estimate of drug-likeness (QED) is 0.748. The number of nitrogens with one attached hydrogen (secondary N) is 1. The van der Waals surface area contributed by atoms with Crippen molar-refractivity contribution in [2.45, 2.75) is 32.9 Å². The second-order valence-electron chi connectivity index (χ2n) is 6.62. The average molecular weight is 336 g/mol. The number of benzene rings is 2. The summed E-state index contributed by atoms with van der Waals surface area (Å²) in [5, 5.41) is 1.01. The lowest BCUT2D eigenvalue weighted by molar-refractivity contribution is -0.960. The molecule has 4 rings (SSSR count). The van der Waals surface area contributed by atoms with Gasteiger partial charge in [0.2, 0.25) is 6.73 Å². The summed E-state index contributed by atoms with van der Waals surface area (Å²) in [6, 6.07) is 16.3. The molecule has 0 aliphatic carbocycles. The Kier molecular flexibility index (Phi) is 4.06. The summed E-state index contributed by atoms with van der Waals surface area (Å²) in [6.07, 6.45) is 0.804. The van der Waals surface area contributed by atoms with Crippen LogP contribution in [-0.4, -0.2) is 6.73 Å². The summed E-state index contributed by atoms with van der Waals surface area (Å²) >= 11 is 0. The molecule has 2 heterocycles. The van der Waals surface area contributed by atoms with Gasteiger partial charge in [-0.15, -0.1) is 0 Å². The first-order valence-corrected chi connectivity index (χ1v) is 8.78. The van der Waals surface area contributed by atoms with Crippen molar-refractivity contribution >= 4 is 11.0 Å². The fraction of sp³-hybridized carbons (Fsp3) is 0.286. The summed E-state index contributed by atoms with van der Waals surface area (Å²) in [6.45, 7) is 5.64. The highest BCUT2D eigenvalue weighted by atomic mass is 16.5. The van der Waals surface area contributed by atoms with Crippen LogP contribution in [0.5, 0.6) is 5.75 Å². The van der Waals surface area contributed by atoms with Gasteiger partial charge in [-0.25, -0.2) is 4.79 Å². The maximum absolute atomic E-state index is 12.0. The van der Waals surface area contributed by atoms with Crippen molar-refractivity contribution < 1.29 is 14.1 Å². The third-order valence-electron chi connectivity index (χ3n) is 5.17. The fourth-order valence-corrected chi connectivity index (χ4v) is 3.63. The highest BCUT2D eigenvalue weighted by Crippen LogP contribution is 2.30. The predicted octanol–water partition coefficient (Wildman–Crippen LogP) is 2.85. The van der Waals surface area contributed by atoms with Crippen molar-refractivity contribution in [1.82, 2.24) is 0 Å². The molecule has 1 aliphatic heterocycles. The number of fused-ring (bicyclic) bond motifs is 3. The zero-order valence-corrected chi connectivity index (χ0v) is 14.5. The molecule has 1 aromatic heterocycles. The molecule has 25 heavy (non-hydrogen) atoms. The molecule has 0 bridgehead atoms. The van der Waals surface area contributed by atoms with Gasteiger partial charge in [0.25, 0.3) is 0 Å². The Labute approximate surface area is 146 Å². The minimum Gasteiger partial charge on any atom is -0.445 e. The molecule has 1 aliphatic rings. The Hall–Kier alpha value is -2.59. The number of aryl methyl sites for hydroxylation is 1. The van der Waals surface area contributed by atoms with E-state index in [1.807, 2.05) is 18.2 Å². The van der Waals surface area contributed by atoms with E-state index in [1.54, 1.807) is 6.07 Å². The van der Waals surface area contributed by atoms with Crippen molar-refractivity contribution in [3.8, 4) is 5.75 Å². The minimum atomic E-state index is -0.291. The highest BCUT2D eigenvalue weighted by Gasteiger charge is 2.29. The van der Waals surface area contributed by atoms with Crippen LogP contribution in [0.3, 0.4) is 0 Å². The SMILES string of the molecule is CCc1cc(=O)oc2c3c(ccc12)OC[NH+]([C@H](C)c1ccccc1)C3. The van der Waals surface area contributed by atoms with E-state index in [1.165, 1.54) is 10.5 Å². The molecule has 0 saturated carbocycles. The van der Waals surface area contributed by atoms with Crippen molar-refractivity contribution in [3.05, 3.63) is 75.6 Å². The second kappa shape index (κ2) is 6.37. The third-order valence-corrected chi connectivity index (χ3v) is 5.17. The van der Waals surface area contributed by atoms with Crippen LogP contribution in [0.15, 0.2) is 57.7 Å². The highest BCUT2D eigenvalue weighted by molar-refractivity contribution is 5.85. The van der Waals surface area contributed by atoms with E-state index < -0.39 is 0 Å². The van der Waals surface area contributed by atoms with E-state index in [0.717, 1.165) is 35.2 Å². The molecule has 0 spiro atoms. The van der Waals surface area contributed by atoms with Gasteiger partial charge in [-0.3, -0.25) is 4.90 Å². The van der Waals surface area contributed by atoms with Crippen LogP contribution in [-0.2, 0) is 13.0 Å². The number of hydrogen-bond acceptors (Lipinski definition) is 3. The summed E-state index contributed by atoms with van der Waals surface area (Å²) in [7, 11) is 0. The second-order valence-corrected chi connectivity index (χ2v) is 6.62. The smallest absolute Gasteiger partial charge is 0.336 e. The minimum absolute atomic E-state index is 0.291. The van der Waals surface area contributed by atoms with Crippen LogP contribution in [0, 0.1) is 0 Å². The molecule has 0 saturated heterocycles. The third kappa shape index (κ3) is 2.83. The Morgan fingerprint density at radius 1 is 1.16 bits per heavy atom. The molecule has 128 valence electrons. The van der Waals surface area contributed by atoms with Gasteiger partial charge >= 0.3 is 5.63 Å². The van der Waals surface area contributed by atoms with E-state index in [4.69, 9.17) is 9.15 Å². The first-order valence-electron chi connectivity index (χ1n) is 8.78. The van der Waals surface area contributed by atoms with Gasteiger partial charge in [-0.05, 0) is 31.0 Å². The summed E-state index contributed by atoms with van der Waals surface area (Å²) in [5.41, 5.74) is 3.69. The Bertz CT molecular complexity index is 962. The van der Waals surface area contributed by atoms with Gasteiger partial charge < -0.3 is 9.15 Å². The lowest BCUT2D eigenvalue weighted by Crippen LogP contribution is -3.12. The summed E-state index contributed by atoms with van der Waals surface area (Å²) < 4.78 is 11.6. The van der Waals surface area contributed by atoms with Crippen LogP contribution >= 0.6 is 0 Å². The number of quaternary nitrogens is 1. The molecule has 0 radical (unpaired) electrons. The fourth-order valence-electron chi connectivity index (χ4n) is 3.63. The monoisotopic (exact) mass is 336 g/mol. The standard InChI is InChI=1S/C21H21NO3/c1-3-15-11-20(23)25-21-17(15)9-10-19-18(21)12-22(13-24-19)14(2)16-7-5-4-6-8-16/h4-11,14H,3,12-13H2,1-2H3/p+1/t14-/m1/s1. The van der Waals surface area contributed by atoms with E-state index in [0.29, 0.717) is 18.4 Å². The van der Waals surface area contributed by atoms with Crippen molar-refractivity contribution in [1.29, 1.82) is 0 Å². The van der Waals surface area contributed by atoms with Crippen molar-refractivity contribution in [3.63, 3.8) is 0 Å². The maximum Gasteiger partial charge on any atom is 0.336 e. The molecule has 3 aromatic rings. The Morgan fingerprint density at radius 3 is 2.72 bits per heavy atom. The molecule has 2 atom stereocenters. The Morgan fingerprint density at radius 2 is 1.96 bits per heavy atom. The molecule has 4 nitrogen and oxygen atoms in total. The molecule has 1 N–H and O–H groups in total. The van der Waals surface area contributed by atoms with Crippen LogP contribution in [0.25, 0.3) is 11.0 Å². The van der Waals surface area contributed by atoms with Gasteiger partial charge in [0.1, 0.15) is 18.3 Å². The topological polar surface area (TPSA) is 43.9 Å². The molecule has 4 heteroatoms. The van der Waals surface area contributed by atoms with Gasteiger partial charge in [0.15, 0.2) is 5.58 Å². The molecule has 1 unspecified atom stereocenters. The van der Waals surface area contributed by atoms with Crippen molar-refractivity contribution in [2.24, 2.45) is 0 Å². The molecule has 0 amide bonds. The predicted molar refractivity (Wildman–Crippen MR) is 96.9 cm³/mol. The number of rotatable bonds is 3. The molecular weight excluding hydrogens is 314 g/mol. The van der Waals surface area contributed by atoms with Crippen LogP contribution < -0.4 is 15.3 Å². The largest absolute Gasteiger partial charge is 0.445 e.